The molecule has 0 aliphatic heterocycles. The molecule has 0 heterocycles. The van der Waals surface area contributed by atoms with Gasteiger partial charge in [0.15, 0.2) is 22.3 Å². The number of halogens is 5. The summed E-state index contributed by atoms with van der Waals surface area (Å²) in [5, 5.41) is 0.408. The Balaban J connectivity index is 2.50. The van der Waals surface area contributed by atoms with E-state index in [1.54, 1.807) is 0 Å². The second-order valence-electron chi connectivity index (χ2n) is 5.01. The summed E-state index contributed by atoms with van der Waals surface area (Å²) in [6.45, 7) is -0.298. The van der Waals surface area contributed by atoms with E-state index in [1.807, 2.05) is 0 Å². The Morgan fingerprint density at radius 1 is 1.00 bits per heavy atom. The minimum atomic E-state index is -4.86. The van der Waals surface area contributed by atoms with E-state index in [1.165, 1.54) is 24.3 Å². The fourth-order valence-electron chi connectivity index (χ4n) is 2.08. The molecule has 4 nitrogen and oxygen atoms in total. The summed E-state index contributed by atoms with van der Waals surface area (Å²) in [7, 11) is -3.05. The molecule has 0 N–H and O–H groups in total. The van der Waals surface area contributed by atoms with Gasteiger partial charge in [0, 0.05) is 18.6 Å². The van der Waals surface area contributed by atoms with Crippen molar-refractivity contribution in [3.8, 4) is 5.75 Å². The molecule has 136 valence electrons. The van der Waals surface area contributed by atoms with Crippen LogP contribution in [0.1, 0.15) is 5.56 Å². The Morgan fingerprint density at radius 2 is 1.48 bits per heavy atom. The summed E-state index contributed by atoms with van der Waals surface area (Å²) < 4.78 is 85.2. The van der Waals surface area contributed by atoms with Crippen LogP contribution in [0, 0.1) is 23.3 Å². The second-order valence-corrected chi connectivity index (χ2v) is 7.42. The van der Waals surface area contributed by atoms with Crippen molar-refractivity contribution >= 4 is 21.6 Å². The number of hydrogen-bond donors (Lipinski definition) is 0. The molecule has 25 heavy (non-hydrogen) atoms. The van der Waals surface area contributed by atoms with E-state index >= 15 is 0 Å². The van der Waals surface area contributed by atoms with Gasteiger partial charge in [-0.2, -0.15) is 13.1 Å². The van der Waals surface area contributed by atoms with Crippen LogP contribution in [-0.4, -0.2) is 26.9 Å². The van der Waals surface area contributed by atoms with Crippen LogP contribution in [-0.2, 0) is 16.6 Å². The van der Waals surface area contributed by atoms with Gasteiger partial charge in [-0.1, -0.05) is 23.7 Å². The highest BCUT2D eigenvalue weighted by Crippen LogP contribution is 2.33. The zero-order valence-electron chi connectivity index (χ0n) is 13.0. The van der Waals surface area contributed by atoms with Crippen molar-refractivity contribution < 1.29 is 30.7 Å². The van der Waals surface area contributed by atoms with E-state index in [-0.39, 0.29) is 6.54 Å². The van der Waals surface area contributed by atoms with E-state index < -0.39 is 43.9 Å². The van der Waals surface area contributed by atoms with Gasteiger partial charge in [-0.15, -0.1) is 0 Å². The molecule has 2 rings (SSSR count). The van der Waals surface area contributed by atoms with Gasteiger partial charge in [0.1, 0.15) is 0 Å². The zero-order chi connectivity index (χ0) is 18.9. The molecular weight excluding hydrogens is 386 g/mol. The SMILES string of the molecule is COc1c(F)c(F)c(S(=O)(=O)N(C)Cc2ccc(Cl)cc2)c(F)c1F. The summed E-state index contributed by atoms with van der Waals surface area (Å²) in [6, 6.07) is 5.98. The van der Waals surface area contributed by atoms with Crippen LogP contribution >= 0.6 is 11.6 Å². The van der Waals surface area contributed by atoms with Crippen molar-refractivity contribution in [2.45, 2.75) is 11.4 Å². The van der Waals surface area contributed by atoms with Gasteiger partial charge in [0.05, 0.1) is 7.11 Å². The van der Waals surface area contributed by atoms with Crippen LogP contribution in [0.15, 0.2) is 29.2 Å². The van der Waals surface area contributed by atoms with E-state index in [2.05, 4.69) is 4.74 Å². The lowest BCUT2D eigenvalue weighted by Crippen LogP contribution is -2.29. The van der Waals surface area contributed by atoms with Gasteiger partial charge in [-0.05, 0) is 17.7 Å². The van der Waals surface area contributed by atoms with E-state index in [0.717, 1.165) is 14.2 Å². The maximum absolute atomic E-state index is 14.1. The first kappa shape index (κ1) is 19.5. The van der Waals surface area contributed by atoms with Crippen molar-refractivity contribution in [3.05, 3.63) is 58.1 Å². The maximum Gasteiger partial charge on any atom is 0.249 e. The Labute approximate surface area is 146 Å². The number of nitrogens with zero attached hydrogens (tertiary/aromatic N) is 1. The van der Waals surface area contributed by atoms with E-state index in [4.69, 9.17) is 11.6 Å². The number of rotatable bonds is 5. The van der Waals surface area contributed by atoms with Crippen molar-refractivity contribution in [3.63, 3.8) is 0 Å². The molecule has 2 aromatic rings. The molecule has 0 aliphatic carbocycles. The highest BCUT2D eigenvalue weighted by atomic mass is 35.5. The summed E-state index contributed by atoms with van der Waals surface area (Å²) in [5.74, 6) is -9.31. The minimum absolute atomic E-state index is 0.298. The molecule has 0 fully saturated rings. The smallest absolute Gasteiger partial charge is 0.249 e. The third kappa shape index (κ3) is 3.58. The van der Waals surface area contributed by atoms with Gasteiger partial charge in [0.2, 0.25) is 21.7 Å². The lowest BCUT2D eigenvalue weighted by molar-refractivity contribution is 0.320. The number of sulfonamides is 1. The summed E-state index contributed by atoms with van der Waals surface area (Å²) in [5.41, 5.74) is 0.450. The van der Waals surface area contributed by atoms with Gasteiger partial charge < -0.3 is 4.74 Å². The Kier molecular flexibility index (Phi) is 5.60. The number of methoxy groups -OCH3 is 1. The lowest BCUT2D eigenvalue weighted by Gasteiger charge is -2.19. The van der Waals surface area contributed by atoms with E-state index in [0.29, 0.717) is 14.9 Å². The predicted octanol–water partition coefficient (Wildman–Crippen LogP) is 3.73. The first-order valence-corrected chi connectivity index (χ1v) is 8.53. The molecular formula is C15H12ClF4NO3S. The Morgan fingerprint density at radius 3 is 1.92 bits per heavy atom. The number of ether oxygens (including phenoxy) is 1. The molecule has 2 aromatic carbocycles. The molecule has 0 amide bonds. The van der Waals surface area contributed by atoms with Crippen LogP contribution in [0.2, 0.25) is 5.02 Å². The second kappa shape index (κ2) is 7.19. The Hall–Kier alpha value is -1.84. The first-order chi connectivity index (χ1) is 11.6. The normalized spacial score (nSPS) is 11.8. The number of benzene rings is 2. The molecule has 10 heteroatoms. The Bertz CT molecular complexity index is 875. The van der Waals surface area contributed by atoms with Crippen LogP contribution in [0.4, 0.5) is 17.6 Å². The first-order valence-electron chi connectivity index (χ1n) is 6.72. The van der Waals surface area contributed by atoms with Gasteiger partial charge in [0.25, 0.3) is 0 Å². The third-order valence-corrected chi connectivity index (χ3v) is 5.45. The molecule has 0 saturated carbocycles. The molecule has 0 bridgehead atoms. The van der Waals surface area contributed by atoms with Crippen molar-refractivity contribution in [1.82, 2.24) is 4.31 Å². The standard InChI is InChI=1S/C15H12ClF4NO3S/c1-21(7-8-3-5-9(16)6-4-8)25(22,23)15-12(19)10(17)14(24-2)11(18)13(15)20/h3-6H,7H2,1-2H3. The third-order valence-electron chi connectivity index (χ3n) is 3.37. The quantitative estimate of drug-likeness (QED) is 0.570. The van der Waals surface area contributed by atoms with Crippen molar-refractivity contribution in [1.29, 1.82) is 0 Å². The molecule has 0 saturated heterocycles. The zero-order valence-corrected chi connectivity index (χ0v) is 14.6. The fourth-order valence-corrected chi connectivity index (χ4v) is 3.47. The summed E-state index contributed by atoms with van der Waals surface area (Å²) in [4.78, 5) is -1.72. The fraction of sp³-hybridized carbons (Fsp3) is 0.200. The molecule has 0 unspecified atom stereocenters. The average Bonchev–Trinajstić information content (AvgIpc) is 2.55. The highest BCUT2D eigenvalue weighted by Gasteiger charge is 2.36. The highest BCUT2D eigenvalue weighted by molar-refractivity contribution is 7.89. The number of hydrogen-bond acceptors (Lipinski definition) is 3. The van der Waals surface area contributed by atoms with Gasteiger partial charge in [-0.25, -0.2) is 17.2 Å². The molecule has 0 aliphatic rings. The maximum atomic E-state index is 14.1. The van der Waals surface area contributed by atoms with Crippen LogP contribution in [0.3, 0.4) is 0 Å². The monoisotopic (exact) mass is 397 g/mol. The van der Waals surface area contributed by atoms with Crippen LogP contribution in [0.25, 0.3) is 0 Å². The van der Waals surface area contributed by atoms with Gasteiger partial charge >= 0.3 is 0 Å². The molecule has 0 spiro atoms. The minimum Gasteiger partial charge on any atom is -0.491 e. The van der Waals surface area contributed by atoms with Gasteiger partial charge in [-0.3, -0.25) is 0 Å². The largest absolute Gasteiger partial charge is 0.491 e. The lowest BCUT2D eigenvalue weighted by atomic mass is 10.2. The molecule has 0 atom stereocenters. The summed E-state index contributed by atoms with van der Waals surface area (Å²) in [6.07, 6.45) is 0. The molecule has 0 radical (unpaired) electrons. The predicted molar refractivity (Wildman–Crippen MR) is 82.9 cm³/mol. The van der Waals surface area contributed by atoms with Crippen LogP contribution in [0.5, 0.6) is 5.75 Å². The molecule has 0 aromatic heterocycles. The van der Waals surface area contributed by atoms with E-state index in [9.17, 15) is 26.0 Å². The van der Waals surface area contributed by atoms with Crippen molar-refractivity contribution in [2.75, 3.05) is 14.2 Å². The van der Waals surface area contributed by atoms with Crippen LogP contribution < -0.4 is 4.74 Å². The average molecular weight is 398 g/mol. The topological polar surface area (TPSA) is 46.6 Å². The summed E-state index contributed by atoms with van der Waals surface area (Å²) >= 11 is 5.71. The van der Waals surface area contributed by atoms with Crippen molar-refractivity contribution in [2.24, 2.45) is 0 Å².